The van der Waals surface area contributed by atoms with Gasteiger partial charge >= 0.3 is 18.0 Å². The average Bonchev–Trinajstić information content (AvgIpc) is 0.859. The van der Waals surface area contributed by atoms with Crippen LogP contribution in [0.2, 0.25) is 0 Å². The Labute approximate surface area is 641 Å². The zero-order valence-electron chi connectivity index (χ0n) is 66.4. The second-order valence-electron chi connectivity index (χ2n) is 28.7. The van der Waals surface area contributed by atoms with Crippen LogP contribution in [0.1, 0.15) is 130 Å². The fraction of sp³-hybridized carbons (Fsp3) is 0.737. The Hall–Kier alpha value is -6.80. The molecular weight excluding hydrogens is 1430 g/mol. The molecule has 0 saturated carbocycles. The number of aliphatic hydroxyl groups is 3. The maximum atomic E-state index is 14.8. The molecule has 0 spiro atoms. The summed E-state index contributed by atoms with van der Waals surface area (Å²) in [6.45, 7) is 26.1. The van der Waals surface area contributed by atoms with Crippen LogP contribution in [-0.2, 0) is 90.3 Å². The number of hydrogen-bond acceptors (Lipinski definition) is 26. The van der Waals surface area contributed by atoms with Crippen LogP contribution >= 0.6 is 0 Å². The lowest BCUT2D eigenvalue weighted by atomic mass is 9.89. The number of aliphatic hydroxyl groups excluding tert-OH is 3. The second kappa shape index (κ2) is 49.5. The average molecular weight is 1550 g/mol. The van der Waals surface area contributed by atoms with E-state index in [9.17, 15) is 58.8 Å². The van der Waals surface area contributed by atoms with E-state index in [1.165, 1.54) is 49.3 Å². The van der Waals surface area contributed by atoms with Crippen LogP contribution in [-0.4, -0.2) is 309 Å². The molecule has 2 aromatic rings. The highest BCUT2D eigenvalue weighted by Gasteiger charge is 2.49. The number of benzene rings is 2. The molecule has 2 aromatic carbocycles. The Bertz CT molecular complexity index is 3040. The summed E-state index contributed by atoms with van der Waals surface area (Å²) >= 11 is 0. The molecule has 0 aromatic heterocycles. The Morgan fingerprint density at radius 1 is 0.670 bits per heavy atom. The van der Waals surface area contributed by atoms with Gasteiger partial charge in [-0.1, -0.05) is 85.2 Å². The van der Waals surface area contributed by atoms with E-state index in [-0.39, 0.29) is 68.3 Å². The van der Waals surface area contributed by atoms with E-state index in [1.54, 1.807) is 105 Å². The molecule has 2 aliphatic rings. The van der Waals surface area contributed by atoms with Crippen LogP contribution in [0.4, 0.5) is 10.5 Å². The number of nitrogens with zero attached hydrogens (tertiary/aromatic N) is 3. The number of carboxylic acids is 1. The number of anilines is 1. The number of methoxy groups -OCH3 is 2. The van der Waals surface area contributed by atoms with Crippen LogP contribution in [0.25, 0.3) is 0 Å². The topological polar surface area (TPSA) is 419 Å². The molecule has 15 atom stereocenters. The lowest BCUT2D eigenvalue weighted by Gasteiger charge is -2.41. The summed E-state index contributed by atoms with van der Waals surface area (Å²) in [6.07, 6.45) is -12.6. The van der Waals surface area contributed by atoms with Gasteiger partial charge in [0.15, 0.2) is 6.10 Å². The van der Waals surface area contributed by atoms with E-state index in [4.69, 9.17) is 72.0 Å². The van der Waals surface area contributed by atoms with Gasteiger partial charge in [-0.2, -0.15) is 0 Å². The van der Waals surface area contributed by atoms with Crippen molar-refractivity contribution in [3.8, 4) is 5.75 Å². The smallest absolute Gasteiger partial charge is 0.410 e. The highest BCUT2D eigenvalue weighted by molar-refractivity contribution is 5.96. The zero-order chi connectivity index (χ0) is 80.9. The molecule has 0 aliphatic carbocycles. The fourth-order valence-corrected chi connectivity index (χ4v) is 12.6. The van der Waals surface area contributed by atoms with Gasteiger partial charge in [0.25, 0.3) is 0 Å². The number of ether oxygens (including phenoxy) is 14. The molecule has 33 heteroatoms. The number of amides is 6. The minimum absolute atomic E-state index is 0.0163. The standard InChI is InChI=1S/C76H125N7O26/c1-16-49(6)62(81(12)71(91)60(47(2)3)80-70(90)61(48(4)5)82(13)75(95)109-76(9,10)11)57(96-14)46-59(85)83-28-20-23-55(83)66(97-15)50(7)69(89)78-51(8)67(52-21-18-17-19-22-52)107-73(94)54-25-24-53(45-56(54)106-74-65(88)63(86)64(87)68(108-74)72(92)93)79-58(84)26-29-98-31-33-100-35-37-102-39-41-104-43-44-105-42-40-103-38-36-101-34-32-99-30-27-77/h17-19,21-22,24-25,45,47-51,55,57,60-68,74,86-88H,16,20,23,26-44,46,77H2,1-15H3,(H,78,89)(H,79,84)(H,80,90)(H,92,93)/t49-,50+,51+,55-,57+,60-,61-,62-,63-,64-,65+,66+,67+,68-,74+/m0/s1. The summed E-state index contributed by atoms with van der Waals surface area (Å²) in [6, 6.07) is 8.01. The number of likely N-dealkylation sites (N-methyl/N-ethyl adjacent to an activating group) is 2. The Morgan fingerprint density at radius 3 is 1.70 bits per heavy atom. The van der Waals surface area contributed by atoms with Crippen molar-refractivity contribution < 1.29 is 125 Å². The van der Waals surface area contributed by atoms with Crippen LogP contribution < -0.4 is 26.4 Å². The molecule has 2 saturated heterocycles. The highest BCUT2D eigenvalue weighted by Crippen LogP contribution is 2.34. The van der Waals surface area contributed by atoms with Crippen molar-refractivity contribution in [3.05, 3.63) is 59.7 Å². The Kier molecular flexibility index (Phi) is 43.0. The SMILES string of the molecule is CC[C@H](C)[C@@H]([C@@H](CC(=O)N1CCC[C@H]1[C@H](OC)[C@@H](C)C(=O)N[C@H](C)[C@@H](OC(=O)c1ccc(NC(=O)CCOCCOCCOCCOCCOCCOCCOCCOCCN)cc1O[C@@H]1O[C@H](C(=O)O)[C@@H](O)[C@H](O)[C@H]1O)c1ccccc1)OC)N(C)C(=O)[C@@H](NC(=O)[C@H](C(C)C)N(C)C(=O)OC(C)(C)C)C(C)C. The van der Waals surface area contributed by atoms with Crippen molar-refractivity contribution in [1.29, 1.82) is 0 Å². The van der Waals surface area contributed by atoms with E-state index in [0.29, 0.717) is 117 Å². The summed E-state index contributed by atoms with van der Waals surface area (Å²) in [5.41, 5.74) is 4.71. The lowest BCUT2D eigenvalue weighted by Crippen LogP contribution is -2.61. The lowest BCUT2D eigenvalue weighted by molar-refractivity contribution is -0.271. The van der Waals surface area contributed by atoms with Gasteiger partial charge in [0.2, 0.25) is 35.8 Å². The molecule has 0 radical (unpaired) electrons. The molecule has 6 amide bonds. The zero-order valence-corrected chi connectivity index (χ0v) is 66.4. The summed E-state index contributed by atoms with van der Waals surface area (Å²) in [4.78, 5) is 116. The number of nitrogens with one attached hydrogen (secondary N) is 3. The maximum Gasteiger partial charge on any atom is 0.410 e. The van der Waals surface area contributed by atoms with Crippen molar-refractivity contribution in [3.63, 3.8) is 0 Å². The van der Waals surface area contributed by atoms with Gasteiger partial charge in [0, 0.05) is 53.2 Å². The van der Waals surface area contributed by atoms with Crippen molar-refractivity contribution in [1.82, 2.24) is 25.3 Å². The number of rotatable bonds is 52. The largest absolute Gasteiger partial charge is 0.479 e. The van der Waals surface area contributed by atoms with Gasteiger partial charge in [-0.3, -0.25) is 28.9 Å². The van der Waals surface area contributed by atoms with Gasteiger partial charge in [-0.25, -0.2) is 14.4 Å². The molecule has 0 bridgehead atoms. The molecule has 2 fully saturated rings. The maximum absolute atomic E-state index is 14.8. The number of aliphatic carboxylic acids is 1. The van der Waals surface area contributed by atoms with E-state index in [2.05, 4.69) is 16.0 Å². The van der Waals surface area contributed by atoms with Gasteiger partial charge < -0.3 is 118 Å². The third kappa shape index (κ3) is 31.4. The minimum Gasteiger partial charge on any atom is -0.479 e. The van der Waals surface area contributed by atoms with Crippen LogP contribution in [0.3, 0.4) is 0 Å². The molecule has 109 heavy (non-hydrogen) atoms. The monoisotopic (exact) mass is 1550 g/mol. The van der Waals surface area contributed by atoms with E-state index < -0.39 is 144 Å². The molecular formula is C76H125N7O26. The number of likely N-dealkylation sites (tertiary alicyclic amines) is 1. The van der Waals surface area contributed by atoms with Gasteiger partial charge in [-0.15, -0.1) is 0 Å². The first-order valence-electron chi connectivity index (χ1n) is 37.6. The van der Waals surface area contributed by atoms with Gasteiger partial charge in [0.05, 0.1) is 155 Å². The summed E-state index contributed by atoms with van der Waals surface area (Å²) in [7, 11) is 6.03. The summed E-state index contributed by atoms with van der Waals surface area (Å²) in [5.74, 6) is -7.38. The van der Waals surface area contributed by atoms with Crippen LogP contribution in [0.5, 0.6) is 5.75 Å². The first kappa shape index (κ1) is 94.6. The number of esters is 1. The van der Waals surface area contributed by atoms with Crippen molar-refractivity contribution in [2.75, 3.05) is 152 Å². The predicted molar refractivity (Wildman–Crippen MR) is 398 cm³/mol. The minimum atomic E-state index is -2.08. The fourth-order valence-electron chi connectivity index (χ4n) is 12.6. The third-order valence-corrected chi connectivity index (χ3v) is 18.6. The first-order valence-corrected chi connectivity index (χ1v) is 37.6. The Morgan fingerprint density at radius 2 is 1.21 bits per heavy atom. The Balaban J connectivity index is 1.40. The van der Waals surface area contributed by atoms with Crippen molar-refractivity contribution in [2.24, 2.45) is 29.4 Å². The van der Waals surface area contributed by atoms with Gasteiger partial charge in [0.1, 0.15) is 53.4 Å². The molecule has 2 aliphatic heterocycles. The molecule has 4 rings (SSSR count). The number of carbonyl (C=O) groups excluding carboxylic acids is 7. The predicted octanol–water partition coefficient (Wildman–Crippen LogP) is 3.73. The second-order valence-corrected chi connectivity index (χ2v) is 28.7. The number of hydrogen-bond donors (Lipinski definition) is 8. The molecule has 9 N–H and O–H groups in total. The van der Waals surface area contributed by atoms with Crippen molar-refractivity contribution in [2.45, 2.75) is 193 Å². The molecule has 2 heterocycles. The van der Waals surface area contributed by atoms with Crippen LogP contribution in [0.15, 0.2) is 48.5 Å². The van der Waals surface area contributed by atoms with E-state index in [0.717, 1.165) is 0 Å². The van der Waals surface area contributed by atoms with Gasteiger partial charge in [-0.05, 0) is 76.0 Å². The van der Waals surface area contributed by atoms with E-state index >= 15 is 0 Å². The summed E-state index contributed by atoms with van der Waals surface area (Å²) < 4.78 is 79.2. The quantitative estimate of drug-likeness (QED) is 0.0345. The third-order valence-electron chi connectivity index (χ3n) is 18.6. The molecule has 620 valence electrons. The molecule has 33 nitrogen and oxygen atoms in total. The first-order chi connectivity index (χ1) is 51.8. The normalized spacial score (nSPS) is 19.9. The van der Waals surface area contributed by atoms with E-state index in [1.807, 2.05) is 13.8 Å². The highest BCUT2D eigenvalue weighted by atomic mass is 16.7. The number of carboxylic acid groups (broad SMARTS) is 1. The van der Waals surface area contributed by atoms with Crippen LogP contribution in [0, 0.1) is 23.7 Å². The van der Waals surface area contributed by atoms with Crippen molar-refractivity contribution >= 4 is 53.3 Å². The number of carbonyl (C=O) groups is 8. The summed E-state index contributed by atoms with van der Waals surface area (Å²) in [5, 5.41) is 50.7. The molecule has 0 unspecified atom stereocenters. The number of nitrogens with two attached hydrogens (primary N) is 1.